The van der Waals surface area contributed by atoms with Gasteiger partial charge >= 0.3 is 0 Å². The second-order valence-electron chi connectivity index (χ2n) is 10.2. The van der Waals surface area contributed by atoms with Crippen LogP contribution in [0.5, 0.6) is 0 Å². The highest BCUT2D eigenvalue weighted by atomic mass is 15.2. The third-order valence-electron chi connectivity index (χ3n) is 6.85. The van der Waals surface area contributed by atoms with E-state index in [2.05, 4.69) is 49.2 Å². The van der Waals surface area contributed by atoms with E-state index in [1.165, 1.54) is 135 Å². The van der Waals surface area contributed by atoms with Crippen molar-refractivity contribution < 1.29 is 4.57 Å². The molecule has 0 radical (unpaired) electrons. The average molecular weight is 434 g/mol. The highest BCUT2D eigenvalue weighted by molar-refractivity contribution is 4.86. The lowest BCUT2D eigenvalue weighted by atomic mass is 10.1. The molecule has 1 heterocycles. The molecule has 0 saturated carbocycles. The van der Waals surface area contributed by atoms with Crippen LogP contribution < -0.4 is 4.57 Å². The van der Waals surface area contributed by atoms with E-state index >= 15 is 0 Å². The lowest BCUT2D eigenvalue weighted by molar-refractivity contribution is -0.704. The number of nitrogens with zero attached hydrogens (tertiary/aromatic N) is 2. The van der Waals surface area contributed by atoms with Crippen LogP contribution in [0.3, 0.4) is 0 Å². The van der Waals surface area contributed by atoms with Gasteiger partial charge in [-0.05, 0) is 33.1 Å². The van der Waals surface area contributed by atoms with Gasteiger partial charge in [0, 0.05) is 6.42 Å². The van der Waals surface area contributed by atoms with Crippen molar-refractivity contribution in [2.24, 2.45) is 0 Å². The molecule has 0 N–H and O–H groups in total. The van der Waals surface area contributed by atoms with Gasteiger partial charge in [0.2, 0.25) is 0 Å². The topological polar surface area (TPSA) is 8.81 Å². The zero-order chi connectivity index (χ0) is 22.6. The third kappa shape index (κ3) is 14.1. The first-order chi connectivity index (χ1) is 15.2. The minimum Gasteiger partial charge on any atom is -0.234 e. The van der Waals surface area contributed by atoms with Crippen molar-refractivity contribution in [2.75, 3.05) is 0 Å². The summed E-state index contributed by atoms with van der Waals surface area (Å²) in [6.07, 6.45) is 32.8. The second-order valence-corrected chi connectivity index (χ2v) is 10.2. The Morgan fingerprint density at radius 3 is 1.48 bits per heavy atom. The molecule has 0 aliphatic heterocycles. The number of hydrogen-bond donors (Lipinski definition) is 0. The van der Waals surface area contributed by atoms with E-state index in [1.54, 1.807) is 5.82 Å². The van der Waals surface area contributed by atoms with Gasteiger partial charge < -0.3 is 0 Å². The predicted molar refractivity (Wildman–Crippen MR) is 138 cm³/mol. The Balaban J connectivity index is 2.19. The number of hydrogen-bond acceptors (Lipinski definition) is 0. The molecular formula is C29H57N2+. The van der Waals surface area contributed by atoms with Crippen LogP contribution in [0, 0.1) is 0 Å². The van der Waals surface area contributed by atoms with Crippen molar-refractivity contribution in [1.82, 2.24) is 4.57 Å². The molecule has 0 fully saturated rings. The Hall–Kier alpha value is -0.790. The molecule has 1 rings (SSSR count). The summed E-state index contributed by atoms with van der Waals surface area (Å²) in [5, 5.41) is 0. The predicted octanol–water partition coefficient (Wildman–Crippen LogP) is 9.35. The second kappa shape index (κ2) is 19.9. The smallest absolute Gasteiger partial charge is 0.234 e. The van der Waals surface area contributed by atoms with Crippen LogP contribution in [-0.2, 0) is 13.0 Å². The van der Waals surface area contributed by atoms with E-state index in [4.69, 9.17) is 0 Å². The summed E-state index contributed by atoms with van der Waals surface area (Å²) >= 11 is 0. The minimum atomic E-state index is 0.572. The fourth-order valence-electron chi connectivity index (χ4n) is 4.78. The molecule has 0 aliphatic carbocycles. The number of rotatable bonds is 22. The Bertz CT molecular complexity index is 503. The lowest BCUT2D eigenvalue weighted by Gasteiger charge is -2.08. The SMILES string of the molecule is CCCCCCCCCCCCCc1n(C(C)C)cc[n+]1CCCCCCCCCC. The quantitative estimate of drug-likeness (QED) is 0.127. The summed E-state index contributed by atoms with van der Waals surface area (Å²) in [6.45, 7) is 10.5. The zero-order valence-electron chi connectivity index (χ0n) is 22.0. The standard InChI is InChI=1S/C29H57N2/c1-5-7-9-11-13-15-16-17-18-20-22-24-29-30(26-27-31(29)28(3)4)25-23-21-19-14-12-10-8-6-2/h26-28H,5-25H2,1-4H3/q+1. The van der Waals surface area contributed by atoms with E-state index in [0.717, 1.165) is 0 Å². The molecule has 0 unspecified atom stereocenters. The van der Waals surface area contributed by atoms with Crippen molar-refractivity contribution in [1.29, 1.82) is 0 Å². The van der Waals surface area contributed by atoms with Crippen LogP contribution in [0.4, 0.5) is 0 Å². The first kappa shape index (κ1) is 28.2. The summed E-state index contributed by atoms with van der Waals surface area (Å²) in [5.41, 5.74) is 0. The minimum absolute atomic E-state index is 0.572. The molecule has 1 aromatic rings. The fraction of sp³-hybridized carbons (Fsp3) is 0.897. The van der Waals surface area contributed by atoms with Crippen molar-refractivity contribution in [3.63, 3.8) is 0 Å². The third-order valence-corrected chi connectivity index (χ3v) is 6.85. The van der Waals surface area contributed by atoms with Crippen molar-refractivity contribution in [3.05, 3.63) is 18.2 Å². The van der Waals surface area contributed by atoms with E-state index in [9.17, 15) is 0 Å². The van der Waals surface area contributed by atoms with Gasteiger partial charge in [-0.25, -0.2) is 9.13 Å². The Kier molecular flexibility index (Phi) is 18.1. The Morgan fingerprint density at radius 2 is 1.03 bits per heavy atom. The molecular weight excluding hydrogens is 376 g/mol. The Labute approximate surface area is 196 Å². The van der Waals surface area contributed by atoms with Crippen LogP contribution >= 0.6 is 0 Å². The largest absolute Gasteiger partial charge is 0.256 e. The van der Waals surface area contributed by atoms with Crippen LogP contribution in [0.15, 0.2) is 12.4 Å². The lowest BCUT2D eigenvalue weighted by Crippen LogP contribution is -2.37. The Morgan fingerprint density at radius 1 is 0.613 bits per heavy atom. The highest BCUT2D eigenvalue weighted by Gasteiger charge is 2.18. The van der Waals surface area contributed by atoms with Gasteiger partial charge in [-0.15, -0.1) is 0 Å². The monoisotopic (exact) mass is 433 g/mol. The normalized spacial score (nSPS) is 11.6. The summed E-state index contributed by atoms with van der Waals surface area (Å²) < 4.78 is 5.08. The molecule has 0 saturated heterocycles. The summed E-state index contributed by atoms with van der Waals surface area (Å²) in [7, 11) is 0. The molecule has 0 aliphatic rings. The van der Waals surface area contributed by atoms with Gasteiger partial charge in [0.25, 0.3) is 5.82 Å². The number of unbranched alkanes of at least 4 members (excludes halogenated alkanes) is 17. The summed E-state index contributed by atoms with van der Waals surface area (Å²) in [5.74, 6) is 1.56. The van der Waals surface area contributed by atoms with Gasteiger partial charge in [-0.1, -0.05) is 117 Å². The fourth-order valence-corrected chi connectivity index (χ4v) is 4.78. The molecule has 0 aromatic carbocycles. The maximum absolute atomic E-state index is 2.56. The number of aryl methyl sites for hydroxylation is 1. The van der Waals surface area contributed by atoms with Crippen molar-refractivity contribution >= 4 is 0 Å². The number of imidazole rings is 1. The summed E-state index contributed by atoms with van der Waals surface area (Å²) in [6, 6.07) is 0.572. The average Bonchev–Trinajstić information content (AvgIpc) is 3.17. The molecule has 182 valence electrons. The molecule has 0 atom stereocenters. The van der Waals surface area contributed by atoms with E-state index in [-0.39, 0.29) is 0 Å². The van der Waals surface area contributed by atoms with Gasteiger partial charge in [-0.3, -0.25) is 0 Å². The molecule has 1 aromatic heterocycles. The molecule has 2 nitrogen and oxygen atoms in total. The maximum atomic E-state index is 2.56. The number of aromatic nitrogens is 2. The van der Waals surface area contributed by atoms with Crippen LogP contribution in [0.25, 0.3) is 0 Å². The molecule has 0 bridgehead atoms. The molecule has 31 heavy (non-hydrogen) atoms. The summed E-state index contributed by atoms with van der Waals surface area (Å²) in [4.78, 5) is 0. The molecule has 2 heteroatoms. The van der Waals surface area contributed by atoms with Crippen LogP contribution in [-0.4, -0.2) is 4.57 Å². The maximum Gasteiger partial charge on any atom is 0.256 e. The van der Waals surface area contributed by atoms with Gasteiger partial charge in [0.05, 0.1) is 12.6 Å². The van der Waals surface area contributed by atoms with Crippen LogP contribution in [0.1, 0.15) is 162 Å². The molecule has 0 spiro atoms. The zero-order valence-corrected chi connectivity index (χ0v) is 22.0. The molecule has 0 amide bonds. The van der Waals surface area contributed by atoms with Crippen LogP contribution in [0.2, 0.25) is 0 Å². The van der Waals surface area contributed by atoms with E-state index < -0.39 is 0 Å². The first-order valence-electron chi connectivity index (χ1n) is 14.3. The van der Waals surface area contributed by atoms with Crippen molar-refractivity contribution in [2.45, 2.75) is 169 Å². The highest BCUT2D eigenvalue weighted by Crippen LogP contribution is 2.15. The van der Waals surface area contributed by atoms with Crippen molar-refractivity contribution in [3.8, 4) is 0 Å². The van der Waals surface area contributed by atoms with E-state index in [0.29, 0.717) is 6.04 Å². The van der Waals surface area contributed by atoms with Gasteiger partial charge in [0.1, 0.15) is 12.4 Å². The first-order valence-corrected chi connectivity index (χ1v) is 14.3. The van der Waals surface area contributed by atoms with Gasteiger partial charge in [0.15, 0.2) is 0 Å². The van der Waals surface area contributed by atoms with E-state index in [1.807, 2.05) is 0 Å². The van der Waals surface area contributed by atoms with Gasteiger partial charge in [-0.2, -0.15) is 0 Å².